The quantitative estimate of drug-likeness (QED) is 0.193. The number of benzene rings is 5. The van der Waals surface area contributed by atoms with Crippen LogP contribution in [0.4, 0.5) is 22.7 Å². The zero-order valence-corrected chi connectivity index (χ0v) is 30.5. The van der Waals surface area contributed by atoms with Crippen LogP contribution in [0.2, 0.25) is 0 Å². The Morgan fingerprint density at radius 2 is 1.09 bits per heavy atom. The van der Waals surface area contributed by atoms with Gasteiger partial charge in [0.2, 0.25) is 0 Å². The van der Waals surface area contributed by atoms with E-state index in [9.17, 15) is 0 Å². The van der Waals surface area contributed by atoms with Gasteiger partial charge in [0.1, 0.15) is 5.75 Å². The van der Waals surface area contributed by atoms with Crippen LogP contribution in [0.15, 0.2) is 121 Å². The highest BCUT2D eigenvalue weighted by Crippen LogP contribution is 2.25. The average molecular weight is 633 g/mol. The Labute approximate surface area is 285 Å². The Hall–Kier alpha value is -4.90. The molecule has 5 nitrogen and oxygen atoms in total. The summed E-state index contributed by atoms with van der Waals surface area (Å²) in [6.07, 6.45) is 0. The van der Waals surface area contributed by atoms with Gasteiger partial charge in [-0.05, 0) is 92.4 Å². The molecule has 0 aliphatic carbocycles. The lowest BCUT2D eigenvalue weighted by atomic mass is 10.1. The first-order valence-electron chi connectivity index (χ1n) is 16.0. The van der Waals surface area contributed by atoms with Crippen LogP contribution in [0, 0.1) is 27.7 Å². The second-order valence-electron chi connectivity index (χ2n) is 12.2. The molecule has 5 rings (SSSR count). The minimum Gasteiger partial charge on any atom is -0.495 e. The molecule has 0 radical (unpaired) electrons. The highest BCUT2D eigenvalue weighted by Gasteiger charge is 2.01. The summed E-state index contributed by atoms with van der Waals surface area (Å²) in [5.41, 5.74) is 11.4. The number of nitrogens with zero attached hydrogens (tertiary/aromatic N) is 3. The van der Waals surface area contributed by atoms with Crippen molar-refractivity contribution in [2.75, 3.05) is 69.4 Å². The molecular formula is C42H56N4O. The van der Waals surface area contributed by atoms with Crippen molar-refractivity contribution in [3.63, 3.8) is 0 Å². The van der Waals surface area contributed by atoms with Gasteiger partial charge in [-0.2, -0.15) is 0 Å². The zero-order valence-electron chi connectivity index (χ0n) is 30.5. The first-order chi connectivity index (χ1) is 22.4. The van der Waals surface area contributed by atoms with E-state index in [2.05, 4.69) is 148 Å². The van der Waals surface area contributed by atoms with Crippen LogP contribution in [-0.2, 0) is 6.54 Å². The van der Waals surface area contributed by atoms with Gasteiger partial charge in [-0.1, -0.05) is 84.4 Å². The van der Waals surface area contributed by atoms with Gasteiger partial charge < -0.3 is 24.8 Å². The Bertz CT molecular complexity index is 1580. The van der Waals surface area contributed by atoms with Gasteiger partial charge in [0.25, 0.3) is 0 Å². The molecule has 5 heteroatoms. The molecule has 5 aromatic rings. The molecule has 0 heterocycles. The van der Waals surface area contributed by atoms with Crippen LogP contribution < -0.4 is 24.8 Å². The molecule has 0 fully saturated rings. The van der Waals surface area contributed by atoms with Crippen molar-refractivity contribution < 1.29 is 4.74 Å². The summed E-state index contributed by atoms with van der Waals surface area (Å²) in [7, 11) is 13.9. The molecule has 1 N–H and O–H groups in total. The molecule has 0 atom stereocenters. The maximum Gasteiger partial charge on any atom is 0.142 e. The van der Waals surface area contributed by atoms with Crippen LogP contribution in [0.3, 0.4) is 0 Å². The first kappa shape index (κ1) is 38.3. The normalized spacial score (nSPS) is 9.68. The van der Waals surface area contributed by atoms with E-state index in [1.54, 1.807) is 7.11 Å². The van der Waals surface area contributed by atoms with Gasteiger partial charge in [-0.25, -0.2) is 0 Å². The number of nitrogens with one attached hydrogen (secondary N) is 1. The summed E-state index contributed by atoms with van der Waals surface area (Å²) >= 11 is 0. The molecule has 250 valence electrons. The smallest absolute Gasteiger partial charge is 0.142 e. The van der Waals surface area contributed by atoms with Crippen LogP contribution in [0.25, 0.3) is 0 Å². The van der Waals surface area contributed by atoms with E-state index in [0.29, 0.717) is 0 Å². The Kier molecular flexibility index (Phi) is 16.5. The SMILES string of the molecule is COc1ccccc1N(C)C.Cc1ccc(C)c(N(C)C)c1.Cc1ccc(N(C)C)cc1.Cc1cccc(NCc2ccccc2)c1. The van der Waals surface area contributed by atoms with E-state index < -0.39 is 0 Å². The Balaban J connectivity index is 0.000000221. The summed E-state index contributed by atoms with van der Waals surface area (Å²) in [4.78, 5) is 6.26. The summed E-state index contributed by atoms with van der Waals surface area (Å²) in [5.74, 6) is 0.914. The third-order valence-electron chi connectivity index (χ3n) is 7.32. The Morgan fingerprint density at radius 1 is 0.511 bits per heavy atom. The van der Waals surface area contributed by atoms with Crippen molar-refractivity contribution in [3.8, 4) is 5.75 Å². The predicted molar refractivity (Wildman–Crippen MR) is 208 cm³/mol. The number of anilines is 4. The lowest BCUT2D eigenvalue weighted by Crippen LogP contribution is -2.10. The molecule has 0 aliphatic heterocycles. The van der Waals surface area contributed by atoms with Crippen molar-refractivity contribution in [3.05, 3.63) is 149 Å². The molecule has 0 amide bonds. The van der Waals surface area contributed by atoms with Crippen LogP contribution >= 0.6 is 0 Å². The summed E-state index contributed by atoms with van der Waals surface area (Å²) in [6.45, 7) is 9.33. The van der Waals surface area contributed by atoms with Crippen molar-refractivity contribution in [1.82, 2.24) is 0 Å². The molecule has 0 spiro atoms. The Morgan fingerprint density at radius 3 is 1.62 bits per heavy atom. The molecule has 0 saturated heterocycles. The number of para-hydroxylation sites is 2. The second kappa shape index (κ2) is 20.3. The van der Waals surface area contributed by atoms with Crippen molar-refractivity contribution in [2.45, 2.75) is 34.2 Å². The highest BCUT2D eigenvalue weighted by atomic mass is 16.5. The number of methoxy groups -OCH3 is 1. The number of aryl methyl sites for hydroxylation is 4. The molecule has 0 saturated carbocycles. The van der Waals surface area contributed by atoms with E-state index in [1.165, 1.54) is 44.9 Å². The van der Waals surface area contributed by atoms with E-state index >= 15 is 0 Å². The first-order valence-corrected chi connectivity index (χ1v) is 16.0. The zero-order chi connectivity index (χ0) is 34.8. The van der Waals surface area contributed by atoms with E-state index in [4.69, 9.17) is 4.74 Å². The van der Waals surface area contributed by atoms with Crippen molar-refractivity contribution in [1.29, 1.82) is 0 Å². The minimum absolute atomic E-state index is 0.879. The summed E-state index contributed by atoms with van der Waals surface area (Å²) in [6, 6.07) is 41.8. The maximum atomic E-state index is 5.16. The van der Waals surface area contributed by atoms with Crippen molar-refractivity contribution in [2.24, 2.45) is 0 Å². The predicted octanol–water partition coefficient (Wildman–Crippen LogP) is 9.80. The molecule has 0 aliphatic rings. The van der Waals surface area contributed by atoms with Gasteiger partial charge in [0.15, 0.2) is 0 Å². The van der Waals surface area contributed by atoms with Crippen molar-refractivity contribution >= 4 is 22.7 Å². The van der Waals surface area contributed by atoms with E-state index in [1.807, 2.05) is 63.4 Å². The number of hydrogen-bond donors (Lipinski definition) is 1. The topological polar surface area (TPSA) is 31.0 Å². The number of rotatable bonds is 7. The largest absolute Gasteiger partial charge is 0.495 e. The van der Waals surface area contributed by atoms with Gasteiger partial charge in [-0.3, -0.25) is 0 Å². The third kappa shape index (κ3) is 14.4. The minimum atomic E-state index is 0.879. The second-order valence-corrected chi connectivity index (χ2v) is 12.2. The average Bonchev–Trinajstić information content (AvgIpc) is 3.06. The fourth-order valence-corrected chi connectivity index (χ4v) is 4.60. The van der Waals surface area contributed by atoms with E-state index in [0.717, 1.165) is 18.0 Å². The number of hydrogen-bond acceptors (Lipinski definition) is 5. The van der Waals surface area contributed by atoms with Gasteiger partial charge in [0.05, 0.1) is 12.8 Å². The monoisotopic (exact) mass is 632 g/mol. The molecule has 0 aromatic heterocycles. The van der Waals surface area contributed by atoms with Gasteiger partial charge >= 0.3 is 0 Å². The molecule has 0 bridgehead atoms. The fourth-order valence-electron chi connectivity index (χ4n) is 4.60. The molecule has 47 heavy (non-hydrogen) atoms. The van der Waals surface area contributed by atoms with Crippen LogP contribution in [0.5, 0.6) is 5.75 Å². The van der Waals surface area contributed by atoms with Crippen LogP contribution in [-0.4, -0.2) is 49.4 Å². The summed E-state index contributed by atoms with van der Waals surface area (Å²) in [5, 5.41) is 3.40. The van der Waals surface area contributed by atoms with E-state index in [-0.39, 0.29) is 0 Å². The third-order valence-corrected chi connectivity index (χ3v) is 7.32. The van der Waals surface area contributed by atoms with Gasteiger partial charge in [-0.15, -0.1) is 0 Å². The summed E-state index contributed by atoms with van der Waals surface area (Å²) < 4.78 is 5.16. The lowest BCUT2D eigenvalue weighted by molar-refractivity contribution is 0.415. The molecular weight excluding hydrogens is 576 g/mol. The lowest BCUT2D eigenvalue weighted by Gasteiger charge is -2.15. The highest BCUT2D eigenvalue weighted by molar-refractivity contribution is 5.57. The van der Waals surface area contributed by atoms with Gasteiger partial charge in [0, 0.05) is 65.9 Å². The molecule has 0 unspecified atom stereocenters. The standard InChI is InChI=1S/C14H15N.C10H15N.C9H13NO.C9H13N/c1-12-6-5-9-14(10-12)15-11-13-7-3-2-4-8-13;1-8-5-6-9(2)10(7-8)11(3)4;1-10(2)8-6-4-5-7-9(8)11-3;1-8-4-6-9(7-5-8)10(2)3/h2-10,15H,11H2,1H3;5-7H,1-4H3;4-7H,1-3H3;4-7H,1-3H3. The number of ether oxygens (including phenoxy) is 1. The maximum absolute atomic E-state index is 5.16. The van der Waals surface area contributed by atoms with Crippen LogP contribution in [0.1, 0.15) is 27.8 Å². The fraction of sp³-hybridized carbons (Fsp3) is 0.286. The molecule has 5 aromatic carbocycles.